The number of carbonyl (C=O) groups is 2. The second kappa shape index (κ2) is 6.24. The second-order valence-corrected chi connectivity index (χ2v) is 3.65. The highest BCUT2D eigenvalue weighted by molar-refractivity contribution is 5.94. The van der Waals surface area contributed by atoms with Crippen molar-refractivity contribution in [1.82, 2.24) is 10.2 Å². The number of nitrogens with one attached hydrogen (secondary N) is 1. The van der Waals surface area contributed by atoms with Gasteiger partial charge in [-0.1, -0.05) is 0 Å². The molecule has 0 spiro atoms. The maximum Gasteiger partial charge on any atom is 0.331 e. The zero-order chi connectivity index (χ0) is 12.0. The third kappa shape index (κ3) is 4.41. The highest BCUT2D eigenvalue weighted by Gasteiger charge is 2.13. The van der Waals surface area contributed by atoms with Crippen molar-refractivity contribution in [3.05, 3.63) is 11.6 Å². The highest BCUT2D eigenvalue weighted by atomic mass is 16.4. The fourth-order valence-corrected chi connectivity index (χ4v) is 1.60. The first kappa shape index (κ1) is 12.7. The molecule has 16 heavy (non-hydrogen) atoms. The van der Waals surface area contributed by atoms with Gasteiger partial charge in [-0.05, 0) is 6.42 Å². The monoisotopic (exact) mass is 228 g/mol. The first-order chi connectivity index (χ1) is 7.59. The van der Waals surface area contributed by atoms with Crippen LogP contribution >= 0.6 is 0 Å². The van der Waals surface area contributed by atoms with Crippen molar-refractivity contribution in [2.75, 3.05) is 32.7 Å². The Kier molecular flexibility index (Phi) is 4.94. The molecule has 1 heterocycles. The van der Waals surface area contributed by atoms with Crippen molar-refractivity contribution in [3.8, 4) is 0 Å². The van der Waals surface area contributed by atoms with Crippen molar-refractivity contribution >= 4 is 11.9 Å². The molecule has 1 saturated heterocycles. The molecular weight excluding hydrogens is 212 g/mol. The molecule has 0 aromatic rings. The summed E-state index contributed by atoms with van der Waals surface area (Å²) in [6, 6.07) is 0. The summed E-state index contributed by atoms with van der Waals surface area (Å²) in [5, 5.41) is 20.5. The fraction of sp³-hybridized carbons (Fsp3) is 0.600. The highest BCUT2D eigenvalue weighted by Crippen LogP contribution is 2.04. The number of aliphatic carboxylic acids is 2. The molecule has 90 valence electrons. The maximum absolute atomic E-state index is 10.7. The van der Waals surface area contributed by atoms with Crippen molar-refractivity contribution in [1.29, 1.82) is 0 Å². The Morgan fingerprint density at radius 1 is 1.25 bits per heavy atom. The molecule has 0 unspecified atom stereocenters. The van der Waals surface area contributed by atoms with Crippen LogP contribution in [-0.4, -0.2) is 59.8 Å². The van der Waals surface area contributed by atoms with Crippen LogP contribution in [0.15, 0.2) is 11.6 Å². The van der Waals surface area contributed by atoms with Crippen molar-refractivity contribution in [3.63, 3.8) is 0 Å². The number of carboxylic acids is 2. The van der Waals surface area contributed by atoms with Gasteiger partial charge >= 0.3 is 11.9 Å². The molecule has 0 bridgehead atoms. The summed E-state index contributed by atoms with van der Waals surface area (Å²) in [5.74, 6) is -2.37. The van der Waals surface area contributed by atoms with Gasteiger partial charge in [0, 0.05) is 44.4 Å². The van der Waals surface area contributed by atoms with E-state index in [0.717, 1.165) is 32.3 Å². The van der Waals surface area contributed by atoms with Gasteiger partial charge in [-0.3, -0.25) is 0 Å². The number of hydrogen-bond donors (Lipinski definition) is 3. The van der Waals surface area contributed by atoms with Crippen LogP contribution in [-0.2, 0) is 9.59 Å². The van der Waals surface area contributed by atoms with Crippen LogP contribution in [0.1, 0.15) is 6.42 Å². The van der Waals surface area contributed by atoms with Crippen LogP contribution in [0.2, 0.25) is 0 Å². The molecular formula is C10H16N2O4. The first-order valence-corrected chi connectivity index (χ1v) is 5.19. The molecule has 0 radical (unpaired) electrons. The lowest BCUT2D eigenvalue weighted by Gasteiger charge is -2.27. The lowest BCUT2D eigenvalue weighted by atomic mass is 10.1. The minimum atomic E-state index is -1.21. The zero-order valence-electron chi connectivity index (χ0n) is 8.98. The van der Waals surface area contributed by atoms with E-state index in [1.54, 1.807) is 0 Å². The number of carboxylic acid groups (broad SMARTS) is 2. The summed E-state index contributed by atoms with van der Waals surface area (Å²) in [7, 11) is 0. The summed E-state index contributed by atoms with van der Waals surface area (Å²) in [5.41, 5.74) is -0.0500. The molecule has 0 atom stereocenters. The van der Waals surface area contributed by atoms with Crippen molar-refractivity contribution in [2.45, 2.75) is 6.42 Å². The van der Waals surface area contributed by atoms with Gasteiger partial charge in [0.1, 0.15) is 0 Å². The van der Waals surface area contributed by atoms with E-state index in [0.29, 0.717) is 6.54 Å². The molecule has 1 aliphatic heterocycles. The summed E-state index contributed by atoms with van der Waals surface area (Å²) in [6.07, 6.45) is 1.03. The van der Waals surface area contributed by atoms with Gasteiger partial charge in [0.2, 0.25) is 0 Å². The third-order valence-electron chi connectivity index (χ3n) is 2.48. The molecule has 1 rings (SSSR count). The molecule has 6 heteroatoms. The van der Waals surface area contributed by atoms with Gasteiger partial charge in [-0.2, -0.15) is 0 Å². The minimum absolute atomic E-state index is 0.0500. The van der Waals surface area contributed by atoms with Gasteiger partial charge in [0.15, 0.2) is 0 Å². The standard InChI is InChI=1S/C10H16N2O4/c13-9(14)7-8(10(15)16)1-4-12-5-2-11-3-6-12/h7,11H,1-6H2,(H,13,14)(H,15,16)/b8-7+. The van der Waals surface area contributed by atoms with E-state index in [4.69, 9.17) is 10.2 Å². The summed E-state index contributed by atoms with van der Waals surface area (Å²) < 4.78 is 0. The van der Waals surface area contributed by atoms with Crippen LogP contribution in [0.4, 0.5) is 0 Å². The zero-order valence-corrected chi connectivity index (χ0v) is 8.98. The van der Waals surface area contributed by atoms with E-state index in [1.807, 2.05) is 0 Å². The first-order valence-electron chi connectivity index (χ1n) is 5.19. The van der Waals surface area contributed by atoms with Crippen LogP contribution < -0.4 is 5.32 Å². The van der Waals surface area contributed by atoms with E-state index >= 15 is 0 Å². The summed E-state index contributed by atoms with van der Waals surface area (Å²) >= 11 is 0. The van der Waals surface area contributed by atoms with Gasteiger partial charge in [0.25, 0.3) is 0 Å². The second-order valence-electron chi connectivity index (χ2n) is 3.65. The Morgan fingerprint density at radius 3 is 2.38 bits per heavy atom. The number of nitrogens with zero attached hydrogens (tertiary/aromatic N) is 1. The predicted molar refractivity (Wildman–Crippen MR) is 57.3 cm³/mol. The largest absolute Gasteiger partial charge is 0.478 e. The molecule has 0 saturated carbocycles. The SMILES string of the molecule is O=C(O)/C=C(\CCN1CCNCC1)C(=O)O. The van der Waals surface area contributed by atoms with E-state index in [-0.39, 0.29) is 12.0 Å². The topological polar surface area (TPSA) is 89.9 Å². The Balaban J connectivity index is 2.43. The van der Waals surface area contributed by atoms with Crippen molar-refractivity contribution in [2.24, 2.45) is 0 Å². The van der Waals surface area contributed by atoms with Crippen molar-refractivity contribution < 1.29 is 19.8 Å². The minimum Gasteiger partial charge on any atom is -0.478 e. The van der Waals surface area contributed by atoms with Gasteiger partial charge in [-0.25, -0.2) is 9.59 Å². The molecule has 0 aromatic heterocycles. The molecule has 3 N–H and O–H groups in total. The Morgan fingerprint density at radius 2 is 1.88 bits per heavy atom. The predicted octanol–water partition coefficient (Wildman–Crippen LogP) is -0.623. The number of rotatable bonds is 5. The third-order valence-corrected chi connectivity index (χ3v) is 2.48. The molecule has 1 fully saturated rings. The van der Waals surface area contributed by atoms with Gasteiger partial charge < -0.3 is 20.4 Å². The number of piperazine rings is 1. The van der Waals surface area contributed by atoms with E-state index in [1.165, 1.54) is 0 Å². The average molecular weight is 228 g/mol. The Bertz CT molecular complexity index is 295. The number of hydrogen-bond acceptors (Lipinski definition) is 4. The van der Waals surface area contributed by atoms with Gasteiger partial charge in [0.05, 0.1) is 0 Å². The van der Waals surface area contributed by atoms with Crippen LogP contribution in [0, 0.1) is 0 Å². The molecule has 6 nitrogen and oxygen atoms in total. The van der Waals surface area contributed by atoms with E-state index in [2.05, 4.69) is 10.2 Å². The van der Waals surface area contributed by atoms with E-state index in [9.17, 15) is 9.59 Å². The van der Waals surface area contributed by atoms with Crippen LogP contribution in [0.3, 0.4) is 0 Å². The fourth-order valence-electron chi connectivity index (χ4n) is 1.60. The van der Waals surface area contributed by atoms with Crippen LogP contribution in [0.5, 0.6) is 0 Å². The molecule has 0 amide bonds. The molecule has 0 aromatic carbocycles. The lowest BCUT2D eigenvalue weighted by molar-refractivity contribution is -0.135. The Hall–Kier alpha value is -1.40. The Labute approximate surface area is 93.5 Å². The van der Waals surface area contributed by atoms with E-state index < -0.39 is 11.9 Å². The van der Waals surface area contributed by atoms with Crippen LogP contribution in [0.25, 0.3) is 0 Å². The maximum atomic E-state index is 10.7. The molecule has 0 aliphatic carbocycles. The summed E-state index contributed by atoms with van der Waals surface area (Å²) in [4.78, 5) is 23.3. The molecule has 1 aliphatic rings. The average Bonchev–Trinajstić information content (AvgIpc) is 2.25. The quantitative estimate of drug-likeness (QED) is 0.543. The summed E-state index contributed by atoms with van der Waals surface area (Å²) in [6.45, 7) is 4.13. The van der Waals surface area contributed by atoms with Gasteiger partial charge in [-0.15, -0.1) is 0 Å². The smallest absolute Gasteiger partial charge is 0.331 e. The lowest BCUT2D eigenvalue weighted by Crippen LogP contribution is -2.43. The normalized spacial score (nSPS) is 18.4.